The van der Waals surface area contributed by atoms with Crippen LogP contribution in [0.4, 0.5) is 26.3 Å². The number of hydrogen-bond donors (Lipinski definition) is 8. The number of nitrogens with zero attached hydrogens (tertiary/aromatic N) is 2. The van der Waals surface area contributed by atoms with Crippen LogP contribution in [-0.2, 0) is 29.7 Å². The van der Waals surface area contributed by atoms with Crippen molar-refractivity contribution in [2.45, 2.75) is 34.3 Å². The van der Waals surface area contributed by atoms with Crippen LogP contribution in [-0.4, -0.2) is 73.6 Å². The van der Waals surface area contributed by atoms with Gasteiger partial charge in [0.25, 0.3) is 20.2 Å². The molecule has 2 aliphatic rings. The van der Waals surface area contributed by atoms with E-state index in [-0.39, 0.29) is 11.1 Å². The van der Waals surface area contributed by atoms with Crippen molar-refractivity contribution in [3.05, 3.63) is 118 Å². The summed E-state index contributed by atoms with van der Waals surface area (Å²) in [5.74, 6) is 8.17. The molecule has 6 rings (SSSR count). The molecule has 16 nitrogen and oxygen atoms in total. The summed E-state index contributed by atoms with van der Waals surface area (Å²) in [6, 6.07) is 9.68. The lowest BCUT2D eigenvalue weighted by Crippen LogP contribution is -2.61. The maximum Gasteiger partial charge on any atom is 0.573 e. The summed E-state index contributed by atoms with van der Waals surface area (Å²) in [5, 5.41) is 23.8. The lowest BCUT2D eigenvalue weighted by molar-refractivity contribution is -0.276. The topological polar surface area (TPSA) is 304 Å². The zero-order valence-electron chi connectivity index (χ0n) is 28.9. The molecular formula is C34H28F6N8O8S2. The molecule has 4 atom stereocenters. The highest BCUT2D eigenvalue weighted by molar-refractivity contribution is 7.87. The Bertz CT molecular complexity index is 2510. The van der Waals surface area contributed by atoms with E-state index in [0.29, 0.717) is 24.3 Å². The van der Waals surface area contributed by atoms with E-state index in [1.54, 1.807) is 0 Å². The first kappa shape index (κ1) is 41.7. The fraction of sp³-hybridized carbons (Fsp3) is 0.176. The van der Waals surface area contributed by atoms with Crippen molar-refractivity contribution in [2.75, 3.05) is 0 Å². The highest BCUT2D eigenvalue weighted by atomic mass is 32.2. The van der Waals surface area contributed by atoms with Gasteiger partial charge in [0.05, 0.1) is 23.5 Å². The van der Waals surface area contributed by atoms with Crippen molar-refractivity contribution in [1.29, 1.82) is 10.8 Å². The molecule has 2 aliphatic carbocycles. The number of rotatable bonds is 7. The second-order valence-corrected chi connectivity index (χ2v) is 16.0. The Hall–Kier alpha value is -5.92. The number of nitrogens with one attached hydrogen (secondary N) is 2. The molecule has 0 aliphatic heterocycles. The van der Waals surface area contributed by atoms with Crippen LogP contribution in [0.5, 0.6) is 11.5 Å². The van der Waals surface area contributed by atoms with Crippen LogP contribution in [0.25, 0.3) is 11.1 Å². The van der Waals surface area contributed by atoms with Crippen molar-refractivity contribution in [3.63, 3.8) is 0 Å². The van der Waals surface area contributed by atoms with Gasteiger partial charge in [0, 0.05) is 22.3 Å². The summed E-state index contributed by atoms with van der Waals surface area (Å²) in [5.41, 5.74) is 5.90. The van der Waals surface area contributed by atoms with Crippen molar-refractivity contribution >= 4 is 43.1 Å². The molecule has 0 bridgehead atoms. The lowest BCUT2D eigenvalue weighted by atomic mass is 9.72. The van der Waals surface area contributed by atoms with E-state index in [4.69, 9.17) is 34.0 Å². The number of halogens is 6. The van der Waals surface area contributed by atoms with Crippen LogP contribution in [0.3, 0.4) is 0 Å². The number of benzene rings is 4. The SMILES string of the molecule is N=C1/C(=N\N)C(N)C(c2ccc(-c3ccc(C4(S(=O)(=O)O)c5ccccc5C(=N)/C(=N/N)C4N)c(OC(F)(F)F)c3)cc2OC(F)(F)F)(S(=O)(=O)O)c2ccccc21. The molecule has 4 unspecified atom stereocenters. The molecule has 0 spiro atoms. The zero-order valence-corrected chi connectivity index (χ0v) is 30.5. The van der Waals surface area contributed by atoms with Gasteiger partial charge in [-0.25, -0.2) is 0 Å². The molecule has 0 saturated heterocycles. The van der Waals surface area contributed by atoms with Crippen molar-refractivity contribution in [1.82, 2.24) is 0 Å². The molecule has 4 aromatic carbocycles. The molecule has 24 heteroatoms. The Balaban J connectivity index is 1.68. The summed E-state index contributed by atoms with van der Waals surface area (Å²) in [6.45, 7) is 0. The quantitative estimate of drug-likeness (QED) is 0.0574. The fourth-order valence-electron chi connectivity index (χ4n) is 7.58. The van der Waals surface area contributed by atoms with Gasteiger partial charge in [0.1, 0.15) is 22.9 Å². The predicted molar refractivity (Wildman–Crippen MR) is 196 cm³/mol. The largest absolute Gasteiger partial charge is 0.573 e. The second-order valence-electron chi connectivity index (χ2n) is 12.8. The predicted octanol–water partition coefficient (Wildman–Crippen LogP) is 3.46. The Labute approximate surface area is 323 Å². The minimum absolute atomic E-state index is 0.258. The van der Waals surface area contributed by atoms with Crippen LogP contribution >= 0.6 is 0 Å². The number of hydrazone groups is 2. The fourth-order valence-corrected chi connectivity index (χ4v) is 10.3. The minimum atomic E-state index is -5.71. The van der Waals surface area contributed by atoms with E-state index in [0.717, 1.165) is 24.3 Å². The molecule has 0 heterocycles. The van der Waals surface area contributed by atoms with Crippen LogP contribution in [0.2, 0.25) is 0 Å². The third kappa shape index (κ3) is 6.33. The van der Waals surface area contributed by atoms with Gasteiger partial charge in [-0.3, -0.25) is 19.9 Å². The maximum atomic E-state index is 14.1. The highest BCUT2D eigenvalue weighted by Gasteiger charge is 2.61. The third-order valence-corrected chi connectivity index (χ3v) is 12.8. The van der Waals surface area contributed by atoms with Gasteiger partial charge < -0.3 is 32.6 Å². The van der Waals surface area contributed by atoms with Gasteiger partial charge >= 0.3 is 12.7 Å². The third-order valence-electron chi connectivity index (χ3n) is 9.81. The van der Waals surface area contributed by atoms with Gasteiger partial charge in [-0.15, -0.1) is 26.3 Å². The average molecular weight is 855 g/mol. The van der Waals surface area contributed by atoms with Gasteiger partial charge in [-0.1, -0.05) is 72.8 Å². The van der Waals surface area contributed by atoms with E-state index >= 15 is 0 Å². The Morgan fingerprint density at radius 3 is 1.21 bits per heavy atom. The first-order valence-electron chi connectivity index (χ1n) is 16.1. The van der Waals surface area contributed by atoms with Crippen molar-refractivity contribution < 1.29 is 61.8 Å². The first-order valence-corrected chi connectivity index (χ1v) is 18.9. The number of nitrogens with two attached hydrogens (primary N) is 4. The average Bonchev–Trinajstić information content (AvgIpc) is 3.11. The highest BCUT2D eigenvalue weighted by Crippen LogP contribution is 2.52. The van der Waals surface area contributed by atoms with Crippen LogP contribution < -0.4 is 32.6 Å². The number of fused-ring (bicyclic) bond motifs is 2. The Morgan fingerprint density at radius 1 is 0.586 bits per heavy atom. The van der Waals surface area contributed by atoms with Crippen molar-refractivity contribution in [3.8, 4) is 22.6 Å². The van der Waals surface area contributed by atoms with Crippen LogP contribution in [0, 0.1) is 10.8 Å². The molecular weight excluding hydrogens is 827 g/mol. The molecule has 0 saturated carbocycles. The van der Waals surface area contributed by atoms with E-state index in [1.165, 1.54) is 36.4 Å². The van der Waals surface area contributed by atoms with Crippen LogP contribution in [0.1, 0.15) is 33.4 Å². The number of alkyl halides is 6. The molecule has 306 valence electrons. The molecule has 58 heavy (non-hydrogen) atoms. The molecule has 4 aromatic rings. The van der Waals surface area contributed by atoms with E-state index in [9.17, 15) is 52.3 Å². The molecule has 0 amide bonds. The Kier molecular flexibility index (Phi) is 9.98. The summed E-state index contributed by atoms with van der Waals surface area (Å²) in [4.78, 5) is 0. The standard InChI is InChI=1S/C34H28F6N8O8S2/c35-33(36,37)55-23-13-15(9-11-21(23)31(57(49,50)51)19-7-3-1-5-17(19)25(41)27(47-45)29(31)43)16-10-12-22(24(14-16)56-34(38,39)40)32(58(52,53)54)20-8-4-2-6-18(20)26(42)28(48-46)30(32)44/h1-14,29-30,41-42H,43-46H2,(H,49,50,51)(H,52,53,54)/b41-25?,42-26?,47-27-,48-28+. The van der Waals surface area contributed by atoms with Gasteiger partial charge in [0.15, 0.2) is 9.49 Å². The minimum Gasteiger partial charge on any atom is -0.405 e. The van der Waals surface area contributed by atoms with E-state index in [1.807, 2.05) is 0 Å². The molecule has 0 radical (unpaired) electrons. The van der Waals surface area contributed by atoms with Gasteiger partial charge in [-0.05, 0) is 34.4 Å². The molecule has 12 N–H and O–H groups in total. The number of hydrogen-bond acceptors (Lipinski definition) is 14. The zero-order chi connectivity index (χ0) is 43.0. The summed E-state index contributed by atoms with van der Waals surface area (Å²) in [7, 11) is -11.4. The summed E-state index contributed by atoms with van der Waals surface area (Å²) in [6.07, 6.45) is -11.2. The van der Waals surface area contributed by atoms with Crippen molar-refractivity contribution in [2.24, 2.45) is 33.4 Å². The first-order chi connectivity index (χ1) is 26.9. The van der Waals surface area contributed by atoms with E-state index in [2.05, 4.69) is 19.7 Å². The Morgan fingerprint density at radius 2 is 0.914 bits per heavy atom. The lowest BCUT2D eigenvalue weighted by Gasteiger charge is -2.42. The monoisotopic (exact) mass is 854 g/mol. The van der Waals surface area contributed by atoms with E-state index < -0.39 is 122 Å². The number of ether oxygens (including phenoxy) is 2. The summed E-state index contributed by atoms with van der Waals surface area (Å²) < 4.78 is 163. The smallest absolute Gasteiger partial charge is 0.405 e. The second kappa shape index (κ2) is 13.9. The molecule has 0 aromatic heterocycles. The van der Waals surface area contributed by atoms with Gasteiger partial charge in [0.2, 0.25) is 0 Å². The summed E-state index contributed by atoms with van der Waals surface area (Å²) >= 11 is 0. The van der Waals surface area contributed by atoms with Crippen LogP contribution in [0.15, 0.2) is 95.1 Å². The molecule has 0 fully saturated rings. The normalized spacial score (nSPS) is 24.0. The van der Waals surface area contributed by atoms with Gasteiger partial charge in [-0.2, -0.15) is 27.0 Å². The maximum absolute atomic E-state index is 14.1.